The maximum absolute atomic E-state index is 12.6. The molecule has 3 nitrogen and oxygen atoms in total. The second-order valence-corrected chi connectivity index (χ2v) is 3.35. The minimum absolute atomic E-state index is 0.0848. The van der Waals surface area contributed by atoms with Crippen molar-refractivity contribution in [1.82, 2.24) is 0 Å². The molecule has 0 bridgehead atoms. The van der Waals surface area contributed by atoms with Gasteiger partial charge in [0.15, 0.2) is 6.10 Å². The third-order valence-corrected chi connectivity index (χ3v) is 2.11. The van der Waals surface area contributed by atoms with Crippen molar-refractivity contribution in [1.29, 1.82) is 0 Å². The summed E-state index contributed by atoms with van der Waals surface area (Å²) in [6.45, 7) is 1.52. The fourth-order valence-corrected chi connectivity index (χ4v) is 1.27. The molecule has 0 spiro atoms. The molecule has 6 heteroatoms. The van der Waals surface area contributed by atoms with Gasteiger partial charge < -0.3 is 9.84 Å². The zero-order valence-corrected chi connectivity index (χ0v) is 8.99. The normalized spacial score (nSPS) is 13.2. The molecule has 1 aromatic carbocycles. The van der Waals surface area contributed by atoms with Crippen molar-refractivity contribution >= 4 is 5.97 Å². The molecule has 0 fully saturated rings. The largest absolute Gasteiger partial charge is 0.479 e. The van der Waals surface area contributed by atoms with Gasteiger partial charge in [0.1, 0.15) is 5.75 Å². The summed E-state index contributed by atoms with van der Waals surface area (Å²) >= 11 is 0. The van der Waals surface area contributed by atoms with Gasteiger partial charge >= 0.3 is 12.1 Å². The predicted octanol–water partition coefficient (Wildman–Crippen LogP) is 2.95. The van der Waals surface area contributed by atoms with Gasteiger partial charge in [-0.15, -0.1) is 0 Å². The van der Waals surface area contributed by atoms with Gasteiger partial charge in [-0.3, -0.25) is 0 Å². The van der Waals surface area contributed by atoms with Gasteiger partial charge in [0.05, 0.1) is 5.56 Å². The first kappa shape index (κ1) is 13.3. The van der Waals surface area contributed by atoms with Gasteiger partial charge in [-0.2, -0.15) is 13.2 Å². The van der Waals surface area contributed by atoms with Gasteiger partial charge in [0, 0.05) is 0 Å². The van der Waals surface area contributed by atoms with Crippen LogP contribution >= 0.6 is 0 Å². The monoisotopic (exact) mass is 248 g/mol. The Bertz CT molecular complexity index is 401. The van der Waals surface area contributed by atoms with Crippen molar-refractivity contribution in [3.05, 3.63) is 29.8 Å². The molecule has 0 aliphatic rings. The zero-order chi connectivity index (χ0) is 13.1. The summed E-state index contributed by atoms with van der Waals surface area (Å²) < 4.78 is 42.6. The van der Waals surface area contributed by atoms with Crippen molar-refractivity contribution in [2.24, 2.45) is 0 Å². The molecule has 1 rings (SSSR count). The van der Waals surface area contributed by atoms with Crippen LogP contribution in [0.1, 0.15) is 18.9 Å². The number of aliphatic carboxylic acids is 1. The van der Waals surface area contributed by atoms with E-state index in [1.165, 1.54) is 19.1 Å². The van der Waals surface area contributed by atoms with Crippen molar-refractivity contribution in [2.75, 3.05) is 0 Å². The van der Waals surface area contributed by atoms with Crippen LogP contribution in [0.3, 0.4) is 0 Å². The van der Waals surface area contributed by atoms with E-state index in [1.54, 1.807) is 0 Å². The topological polar surface area (TPSA) is 46.5 Å². The molecule has 0 heterocycles. The standard InChI is InChI=1S/C11H11F3O3/c1-2-8(10(15)16)17-9-6-4-3-5-7(9)11(12,13)14/h3-6,8H,2H2,1H3,(H,15,16). The molecule has 0 aromatic heterocycles. The van der Waals surface area contributed by atoms with Crippen LogP contribution in [-0.2, 0) is 11.0 Å². The molecule has 1 aromatic rings. The van der Waals surface area contributed by atoms with E-state index in [1.807, 2.05) is 0 Å². The summed E-state index contributed by atoms with van der Waals surface area (Å²) in [5, 5.41) is 8.72. The zero-order valence-electron chi connectivity index (χ0n) is 8.99. The number of carbonyl (C=O) groups is 1. The summed E-state index contributed by atoms with van der Waals surface area (Å²) in [5.41, 5.74) is -0.972. The van der Waals surface area contributed by atoms with E-state index in [0.717, 1.165) is 12.1 Å². The predicted molar refractivity (Wildman–Crippen MR) is 53.8 cm³/mol. The average Bonchev–Trinajstić information content (AvgIpc) is 2.24. The highest BCUT2D eigenvalue weighted by atomic mass is 19.4. The summed E-state index contributed by atoms with van der Waals surface area (Å²) in [6, 6.07) is 4.54. The highest BCUT2D eigenvalue weighted by Crippen LogP contribution is 2.36. The van der Waals surface area contributed by atoms with Crippen molar-refractivity contribution in [3.8, 4) is 5.75 Å². The Balaban J connectivity index is 3.02. The molecule has 0 amide bonds. The first-order valence-corrected chi connectivity index (χ1v) is 4.92. The van der Waals surface area contributed by atoms with E-state index in [-0.39, 0.29) is 6.42 Å². The number of benzene rings is 1. The maximum Gasteiger partial charge on any atom is 0.419 e. The summed E-state index contributed by atoms with van der Waals surface area (Å²) in [5.74, 6) is -1.75. The summed E-state index contributed by atoms with van der Waals surface area (Å²) in [7, 11) is 0. The Labute approximate surface area is 95.8 Å². The van der Waals surface area contributed by atoms with E-state index in [2.05, 4.69) is 0 Å². The number of halogens is 3. The van der Waals surface area contributed by atoms with Crippen LogP contribution in [0.15, 0.2) is 24.3 Å². The Kier molecular flexibility index (Phi) is 3.98. The lowest BCUT2D eigenvalue weighted by molar-refractivity contribution is -0.148. The molecule has 1 atom stereocenters. The number of ether oxygens (including phenoxy) is 1. The first-order valence-electron chi connectivity index (χ1n) is 4.92. The lowest BCUT2D eigenvalue weighted by Crippen LogP contribution is -2.27. The molecule has 0 saturated heterocycles. The molecular formula is C11H11F3O3. The molecule has 1 N–H and O–H groups in total. The van der Waals surface area contributed by atoms with Crippen molar-refractivity contribution in [3.63, 3.8) is 0 Å². The van der Waals surface area contributed by atoms with Crippen molar-refractivity contribution < 1.29 is 27.8 Å². The van der Waals surface area contributed by atoms with Crippen LogP contribution in [0.25, 0.3) is 0 Å². The van der Waals surface area contributed by atoms with Gasteiger partial charge in [0.25, 0.3) is 0 Å². The first-order chi connectivity index (χ1) is 7.86. The number of carboxylic acids is 1. The van der Waals surface area contributed by atoms with Gasteiger partial charge in [-0.05, 0) is 18.6 Å². The Morgan fingerprint density at radius 3 is 2.47 bits per heavy atom. The number of alkyl halides is 3. The molecule has 0 aliphatic heterocycles. The molecule has 0 saturated carbocycles. The third-order valence-electron chi connectivity index (χ3n) is 2.11. The molecule has 17 heavy (non-hydrogen) atoms. The Morgan fingerprint density at radius 2 is 2.00 bits per heavy atom. The second kappa shape index (κ2) is 5.07. The number of carboxylic acid groups (broad SMARTS) is 1. The van der Waals surface area contributed by atoms with E-state index < -0.39 is 29.6 Å². The molecule has 0 radical (unpaired) electrons. The SMILES string of the molecule is CCC(Oc1ccccc1C(F)(F)F)C(=O)O. The van der Waals surface area contributed by atoms with Crippen molar-refractivity contribution in [2.45, 2.75) is 25.6 Å². The summed E-state index contributed by atoms with van der Waals surface area (Å²) in [6.07, 6.45) is -5.76. The van der Waals surface area contributed by atoms with Crippen LogP contribution in [0.2, 0.25) is 0 Å². The van der Waals surface area contributed by atoms with E-state index in [9.17, 15) is 18.0 Å². The fraction of sp³-hybridized carbons (Fsp3) is 0.364. The quantitative estimate of drug-likeness (QED) is 0.891. The van der Waals surface area contributed by atoms with Crippen LogP contribution in [0.5, 0.6) is 5.75 Å². The van der Waals surface area contributed by atoms with E-state index in [4.69, 9.17) is 9.84 Å². The average molecular weight is 248 g/mol. The second-order valence-electron chi connectivity index (χ2n) is 3.35. The lowest BCUT2D eigenvalue weighted by Gasteiger charge is -2.17. The van der Waals surface area contributed by atoms with Crippen LogP contribution < -0.4 is 4.74 Å². The molecule has 94 valence electrons. The maximum atomic E-state index is 12.6. The van der Waals surface area contributed by atoms with Gasteiger partial charge in [-0.25, -0.2) is 4.79 Å². The van der Waals surface area contributed by atoms with Crippen LogP contribution in [0, 0.1) is 0 Å². The smallest absolute Gasteiger partial charge is 0.419 e. The van der Waals surface area contributed by atoms with Gasteiger partial charge in [0.2, 0.25) is 0 Å². The van der Waals surface area contributed by atoms with Crippen LogP contribution in [0.4, 0.5) is 13.2 Å². The minimum Gasteiger partial charge on any atom is -0.479 e. The third kappa shape index (κ3) is 3.37. The Hall–Kier alpha value is -1.72. The highest BCUT2D eigenvalue weighted by Gasteiger charge is 2.35. The van der Waals surface area contributed by atoms with E-state index in [0.29, 0.717) is 0 Å². The number of hydrogen-bond donors (Lipinski definition) is 1. The van der Waals surface area contributed by atoms with E-state index >= 15 is 0 Å². The summed E-state index contributed by atoms with van der Waals surface area (Å²) in [4.78, 5) is 10.7. The van der Waals surface area contributed by atoms with Gasteiger partial charge in [-0.1, -0.05) is 19.1 Å². The van der Waals surface area contributed by atoms with Crippen LogP contribution in [-0.4, -0.2) is 17.2 Å². The molecular weight excluding hydrogens is 237 g/mol. The molecule has 1 unspecified atom stereocenters. The minimum atomic E-state index is -4.56. The molecule has 0 aliphatic carbocycles. The lowest BCUT2D eigenvalue weighted by atomic mass is 10.2. The fourth-order valence-electron chi connectivity index (χ4n) is 1.27. The Morgan fingerprint density at radius 1 is 1.41 bits per heavy atom. The number of rotatable bonds is 4. The highest BCUT2D eigenvalue weighted by molar-refractivity contribution is 5.72. The number of para-hydroxylation sites is 1. The number of hydrogen-bond acceptors (Lipinski definition) is 2.